The molecule has 1 aromatic heterocycles. The second-order valence-electron chi connectivity index (χ2n) is 2.62. The van der Waals surface area contributed by atoms with Crippen molar-refractivity contribution in [1.29, 1.82) is 0 Å². The topological polar surface area (TPSA) is 3.88 Å². The second-order valence-corrected chi connectivity index (χ2v) is 2.62. The van der Waals surface area contributed by atoms with Gasteiger partial charge in [0.1, 0.15) is 7.05 Å². The van der Waals surface area contributed by atoms with Gasteiger partial charge in [-0.3, -0.25) is 0 Å². The molecule has 1 heterocycles. The zero-order chi connectivity index (χ0) is 7.40. The maximum Gasteiger partial charge on any atom is 0.168 e. The number of hydrogen-bond acceptors (Lipinski definition) is 0. The van der Waals surface area contributed by atoms with Gasteiger partial charge in [-0.1, -0.05) is 13.3 Å². The lowest BCUT2D eigenvalue weighted by Gasteiger charge is -1.93. The van der Waals surface area contributed by atoms with Crippen molar-refractivity contribution >= 4 is 0 Å². The van der Waals surface area contributed by atoms with Gasteiger partial charge < -0.3 is 0 Å². The van der Waals surface area contributed by atoms with Crippen LogP contribution in [0.25, 0.3) is 0 Å². The van der Waals surface area contributed by atoms with Crippen LogP contribution < -0.4 is 4.57 Å². The summed E-state index contributed by atoms with van der Waals surface area (Å²) in [6, 6.07) is 4.34. The summed E-state index contributed by atoms with van der Waals surface area (Å²) in [4.78, 5) is 0. The van der Waals surface area contributed by atoms with Crippen LogP contribution in [-0.2, 0) is 13.5 Å². The van der Waals surface area contributed by atoms with Gasteiger partial charge in [0, 0.05) is 12.1 Å². The molecule has 0 unspecified atom stereocenters. The third-order valence-corrected chi connectivity index (χ3v) is 1.59. The molecule has 1 heteroatoms. The summed E-state index contributed by atoms with van der Waals surface area (Å²) < 4.78 is 2.05. The molecular formula is C9H14N+. The monoisotopic (exact) mass is 136 g/mol. The highest BCUT2D eigenvalue weighted by Gasteiger charge is 1.92. The van der Waals surface area contributed by atoms with Crippen molar-refractivity contribution in [2.75, 3.05) is 0 Å². The Morgan fingerprint density at radius 1 is 1.30 bits per heavy atom. The maximum absolute atomic E-state index is 2.20. The van der Waals surface area contributed by atoms with E-state index in [9.17, 15) is 0 Å². The van der Waals surface area contributed by atoms with Crippen LogP contribution in [0.1, 0.15) is 18.9 Å². The lowest BCUT2D eigenvalue weighted by molar-refractivity contribution is -0.671. The summed E-state index contributed by atoms with van der Waals surface area (Å²) in [5.74, 6) is 0. The molecule has 0 saturated carbocycles. The van der Waals surface area contributed by atoms with Crippen molar-refractivity contribution in [3.8, 4) is 0 Å². The Labute approximate surface area is 62.3 Å². The molecule has 1 aromatic rings. The van der Waals surface area contributed by atoms with Gasteiger partial charge in [-0.15, -0.1) is 0 Å². The molecule has 0 bridgehead atoms. The van der Waals surface area contributed by atoms with Crippen molar-refractivity contribution < 1.29 is 4.57 Å². The van der Waals surface area contributed by atoms with Crippen molar-refractivity contribution in [3.05, 3.63) is 30.1 Å². The van der Waals surface area contributed by atoms with Crippen LogP contribution in [0, 0.1) is 0 Å². The molecule has 0 aliphatic rings. The van der Waals surface area contributed by atoms with Crippen LogP contribution in [-0.4, -0.2) is 0 Å². The van der Waals surface area contributed by atoms with Crippen molar-refractivity contribution in [3.63, 3.8) is 0 Å². The maximum atomic E-state index is 2.20. The number of nitrogens with zero attached hydrogens (tertiary/aromatic N) is 1. The summed E-state index contributed by atoms with van der Waals surface area (Å²) in [5, 5.41) is 0. The highest BCUT2D eigenvalue weighted by atomic mass is 14.9. The molecule has 0 amide bonds. The minimum atomic E-state index is 1.20. The normalized spacial score (nSPS) is 9.80. The van der Waals surface area contributed by atoms with Crippen LogP contribution in [0.5, 0.6) is 0 Å². The third kappa shape index (κ3) is 1.83. The fourth-order valence-electron chi connectivity index (χ4n) is 0.987. The predicted octanol–water partition coefficient (Wildman–Crippen LogP) is 1.46. The third-order valence-electron chi connectivity index (χ3n) is 1.59. The van der Waals surface area contributed by atoms with E-state index in [0.29, 0.717) is 0 Å². The van der Waals surface area contributed by atoms with E-state index in [2.05, 4.69) is 36.0 Å². The quantitative estimate of drug-likeness (QED) is 0.542. The van der Waals surface area contributed by atoms with E-state index in [4.69, 9.17) is 0 Å². The molecule has 0 aliphatic heterocycles. The fourth-order valence-corrected chi connectivity index (χ4v) is 0.987. The number of aryl methyl sites for hydroxylation is 2. The summed E-state index contributed by atoms with van der Waals surface area (Å²) in [5.41, 5.74) is 1.43. The largest absolute Gasteiger partial charge is 0.208 e. The van der Waals surface area contributed by atoms with Gasteiger partial charge in [-0.25, -0.2) is 4.57 Å². The first kappa shape index (κ1) is 7.26. The van der Waals surface area contributed by atoms with Gasteiger partial charge in [-0.2, -0.15) is 0 Å². The van der Waals surface area contributed by atoms with Crippen LogP contribution in [0.15, 0.2) is 24.5 Å². The lowest BCUT2D eigenvalue weighted by atomic mass is 10.2. The Kier molecular flexibility index (Phi) is 2.43. The second kappa shape index (κ2) is 3.35. The van der Waals surface area contributed by atoms with Crippen LogP contribution >= 0.6 is 0 Å². The van der Waals surface area contributed by atoms with Gasteiger partial charge in [0.05, 0.1) is 0 Å². The lowest BCUT2D eigenvalue weighted by Crippen LogP contribution is -2.25. The Bertz CT molecular complexity index is 188. The number of aromatic nitrogens is 1. The first-order valence-corrected chi connectivity index (χ1v) is 3.77. The zero-order valence-corrected chi connectivity index (χ0v) is 6.67. The van der Waals surface area contributed by atoms with Crippen LogP contribution in [0.4, 0.5) is 0 Å². The number of pyridine rings is 1. The first-order chi connectivity index (χ1) is 4.83. The molecule has 1 nitrogen and oxygen atoms in total. The summed E-state index contributed by atoms with van der Waals surface area (Å²) in [6.45, 7) is 2.20. The Morgan fingerprint density at radius 3 is 2.40 bits per heavy atom. The van der Waals surface area contributed by atoms with Crippen LogP contribution in [0.3, 0.4) is 0 Å². The van der Waals surface area contributed by atoms with Gasteiger partial charge in [0.25, 0.3) is 0 Å². The number of rotatable bonds is 2. The van der Waals surface area contributed by atoms with E-state index in [0.717, 1.165) is 0 Å². The summed E-state index contributed by atoms with van der Waals surface area (Å²) >= 11 is 0. The Hall–Kier alpha value is -0.850. The molecule has 0 saturated heterocycles. The molecule has 0 spiro atoms. The first-order valence-electron chi connectivity index (χ1n) is 3.77. The van der Waals surface area contributed by atoms with E-state index in [-0.39, 0.29) is 0 Å². The van der Waals surface area contributed by atoms with E-state index in [1.165, 1.54) is 18.4 Å². The minimum Gasteiger partial charge on any atom is -0.208 e. The summed E-state index contributed by atoms with van der Waals surface area (Å²) in [7, 11) is 2.04. The average Bonchev–Trinajstić information content (AvgIpc) is 1.95. The van der Waals surface area contributed by atoms with Crippen LogP contribution in [0.2, 0.25) is 0 Å². The van der Waals surface area contributed by atoms with Crippen molar-refractivity contribution in [1.82, 2.24) is 0 Å². The van der Waals surface area contributed by atoms with E-state index < -0.39 is 0 Å². The van der Waals surface area contributed by atoms with Crippen molar-refractivity contribution in [2.45, 2.75) is 19.8 Å². The smallest absolute Gasteiger partial charge is 0.168 e. The molecule has 0 N–H and O–H groups in total. The van der Waals surface area contributed by atoms with Gasteiger partial charge in [0.2, 0.25) is 0 Å². The van der Waals surface area contributed by atoms with Crippen molar-refractivity contribution in [2.24, 2.45) is 7.05 Å². The Balaban J connectivity index is 2.69. The average molecular weight is 136 g/mol. The van der Waals surface area contributed by atoms with E-state index >= 15 is 0 Å². The molecule has 10 heavy (non-hydrogen) atoms. The highest BCUT2D eigenvalue weighted by molar-refractivity contribution is 5.06. The standard InChI is InChI=1S/C9H14N/c1-3-4-9-5-7-10(2)8-6-9/h5-8H,3-4H2,1-2H3/q+1. The molecule has 54 valence electrons. The minimum absolute atomic E-state index is 1.20. The molecule has 0 fully saturated rings. The zero-order valence-electron chi connectivity index (χ0n) is 6.67. The molecule has 1 rings (SSSR count). The van der Waals surface area contributed by atoms with Gasteiger partial charge in [-0.05, 0) is 12.0 Å². The molecule has 0 atom stereocenters. The fraction of sp³-hybridized carbons (Fsp3) is 0.444. The highest BCUT2D eigenvalue weighted by Crippen LogP contribution is 1.97. The molecule has 0 aromatic carbocycles. The van der Waals surface area contributed by atoms with E-state index in [1.54, 1.807) is 0 Å². The predicted molar refractivity (Wildman–Crippen MR) is 41.6 cm³/mol. The number of hydrogen-bond donors (Lipinski definition) is 0. The van der Waals surface area contributed by atoms with E-state index in [1.807, 2.05) is 7.05 Å². The molecular weight excluding hydrogens is 122 g/mol. The SMILES string of the molecule is CCCc1cc[n+](C)cc1. The van der Waals surface area contributed by atoms with Gasteiger partial charge >= 0.3 is 0 Å². The summed E-state index contributed by atoms with van der Waals surface area (Å²) in [6.07, 6.45) is 6.60. The molecule has 0 aliphatic carbocycles. The van der Waals surface area contributed by atoms with Gasteiger partial charge in [0.15, 0.2) is 12.4 Å². The molecule has 0 radical (unpaired) electrons. The Morgan fingerprint density at radius 2 is 1.90 bits per heavy atom.